The molecule has 4 rings (SSSR count). The minimum Gasteiger partial charge on any atom is -0.382 e. The fraction of sp³-hybridized carbons (Fsp3) is 0.444. The summed E-state index contributed by atoms with van der Waals surface area (Å²) in [4.78, 5) is 21.0. The topological polar surface area (TPSA) is 48.6 Å². The quantitative estimate of drug-likeness (QED) is 0.547. The van der Waals surface area contributed by atoms with E-state index in [1.54, 1.807) is 7.11 Å². The van der Waals surface area contributed by atoms with E-state index in [2.05, 4.69) is 41.2 Å². The number of amides is 1. The normalized spacial score (nSPS) is 16.3. The molecule has 5 heteroatoms. The Morgan fingerprint density at radius 1 is 1.16 bits per heavy atom. The number of nitrogens with one attached hydrogen (secondary N) is 1. The van der Waals surface area contributed by atoms with Crippen LogP contribution >= 0.6 is 0 Å². The third-order valence-corrected chi connectivity index (χ3v) is 6.86. The summed E-state index contributed by atoms with van der Waals surface area (Å²) in [5, 5.41) is 1.33. The van der Waals surface area contributed by atoms with E-state index in [4.69, 9.17) is 4.74 Å². The smallest absolute Gasteiger partial charge is 0.227 e. The molecule has 0 saturated carbocycles. The van der Waals surface area contributed by atoms with Crippen molar-refractivity contribution in [3.63, 3.8) is 0 Å². The molecule has 0 spiro atoms. The number of H-pyrrole nitrogens is 1. The second-order valence-electron chi connectivity index (χ2n) is 9.03. The Balaban J connectivity index is 1.47. The lowest BCUT2D eigenvalue weighted by molar-refractivity contribution is -0.120. The third-order valence-electron chi connectivity index (χ3n) is 6.86. The number of aryl methyl sites for hydroxylation is 1. The molecule has 2 aromatic carbocycles. The summed E-state index contributed by atoms with van der Waals surface area (Å²) >= 11 is 0. The van der Waals surface area contributed by atoms with Crippen LogP contribution in [0.15, 0.2) is 54.7 Å². The van der Waals surface area contributed by atoms with Crippen molar-refractivity contribution in [3.05, 3.63) is 65.9 Å². The van der Waals surface area contributed by atoms with Gasteiger partial charge in [0.2, 0.25) is 5.91 Å². The molecule has 1 amide bonds. The van der Waals surface area contributed by atoms with Crippen LogP contribution in [-0.4, -0.2) is 54.7 Å². The second kappa shape index (κ2) is 9.88. The number of ether oxygens (including phenoxy) is 1. The van der Waals surface area contributed by atoms with E-state index in [9.17, 15) is 4.79 Å². The molecule has 1 aromatic heterocycles. The highest BCUT2D eigenvalue weighted by molar-refractivity contribution is 5.94. The van der Waals surface area contributed by atoms with Gasteiger partial charge in [-0.05, 0) is 56.0 Å². The average Bonchev–Trinajstić information content (AvgIpc) is 3.21. The van der Waals surface area contributed by atoms with Crippen molar-refractivity contribution in [2.24, 2.45) is 0 Å². The highest BCUT2D eigenvalue weighted by Crippen LogP contribution is 2.34. The average molecular weight is 434 g/mol. The molecule has 1 N–H and O–H groups in total. The number of methoxy groups -OCH3 is 1. The number of hydrogen-bond donors (Lipinski definition) is 1. The first-order valence-electron chi connectivity index (χ1n) is 11.7. The molecule has 0 unspecified atom stereocenters. The zero-order valence-electron chi connectivity index (χ0n) is 19.6. The fourth-order valence-electron chi connectivity index (χ4n) is 5.09. The summed E-state index contributed by atoms with van der Waals surface area (Å²) in [5.41, 5.74) is 4.56. The van der Waals surface area contributed by atoms with E-state index in [0.717, 1.165) is 44.6 Å². The van der Waals surface area contributed by atoms with Gasteiger partial charge in [0.15, 0.2) is 0 Å². The number of fused-ring (bicyclic) bond motifs is 1. The maximum Gasteiger partial charge on any atom is 0.227 e. The number of para-hydroxylation sites is 1. The van der Waals surface area contributed by atoms with E-state index < -0.39 is 0 Å². The zero-order valence-corrected chi connectivity index (χ0v) is 19.6. The van der Waals surface area contributed by atoms with Crippen molar-refractivity contribution < 1.29 is 9.53 Å². The molecule has 1 aliphatic heterocycles. The van der Waals surface area contributed by atoms with Gasteiger partial charge in [-0.1, -0.05) is 36.8 Å². The molecule has 0 radical (unpaired) electrons. The molecule has 1 fully saturated rings. The number of carbonyl (C=O) groups excluding carboxylic acids is 1. The van der Waals surface area contributed by atoms with Crippen molar-refractivity contribution in [2.45, 2.75) is 45.1 Å². The monoisotopic (exact) mass is 433 g/mol. The number of likely N-dealkylation sites (tertiary alicyclic amines) is 1. The Bertz CT molecular complexity index is 1040. The van der Waals surface area contributed by atoms with Crippen LogP contribution in [0.25, 0.3) is 10.9 Å². The first-order chi connectivity index (χ1) is 15.6. The Kier molecular flexibility index (Phi) is 6.97. The van der Waals surface area contributed by atoms with Crippen molar-refractivity contribution >= 4 is 22.5 Å². The van der Waals surface area contributed by atoms with Crippen LogP contribution in [0.4, 0.5) is 5.69 Å². The second-order valence-corrected chi connectivity index (χ2v) is 9.03. The van der Waals surface area contributed by atoms with Crippen LogP contribution in [0, 0.1) is 6.92 Å². The molecule has 1 saturated heterocycles. The van der Waals surface area contributed by atoms with Crippen molar-refractivity contribution in [1.29, 1.82) is 0 Å². The molecule has 0 aliphatic carbocycles. The van der Waals surface area contributed by atoms with Gasteiger partial charge in [0.1, 0.15) is 0 Å². The number of anilines is 1. The summed E-state index contributed by atoms with van der Waals surface area (Å²) in [6.07, 6.45) is 5.49. The maximum atomic E-state index is 13.1. The van der Waals surface area contributed by atoms with Gasteiger partial charge in [-0.15, -0.1) is 0 Å². The Hall–Kier alpha value is -2.63. The number of aromatic nitrogens is 1. The first kappa shape index (κ1) is 22.6. The summed E-state index contributed by atoms with van der Waals surface area (Å²) in [5.74, 6) is 0.163. The zero-order chi connectivity index (χ0) is 22.6. The fourth-order valence-corrected chi connectivity index (χ4v) is 5.09. The standard InChI is InChI=1S/C27H35N3O2/c1-4-26(31)30(23-8-6-5-7-9-23)27(20-32-3)13-16-29(17-14-27)15-12-22-19-28-25-11-10-21(2)18-24(22)25/h5-11,18-19,28H,4,12-17,20H2,1-3H3. The summed E-state index contributed by atoms with van der Waals surface area (Å²) < 4.78 is 5.68. The molecule has 5 nitrogen and oxygen atoms in total. The predicted octanol–water partition coefficient (Wildman–Crippen LogP) is 4.94. The molecular weight excluding hydrogens is 398 g/mol. The molecule has 32 heavy (non-hydrogen) atoms. The maximum absolute atomic E-state index is 13.1. The van der Waals surface area contributed by atoms with Gasteiger partial charge in [0.05, 0.1) is 12.1 Å². The van der Waals surface area contributed by atoms with E-state index in [1.165, 1.54) is 22.0 Å². The summed E-state index contributed by atoms with van der Waals surface area (Å²) in [7, 11) is 1.74. The summed E-state index contributed by atoms with van der Waals surface area (Å²) in [6.45, 7) is 7.60. The number of carbonyl (C=O) groups is 1. The van der Waals surface area contributed by atoms with Crippen molar-refractivity contribution in [3.8, 4) is 0 Å². The molecule has 1 aliphatic rings. The van der Waals surface area contributed by atoms with Gasteiger partial charge in [-0.2, -0.15) is 0 Å². The number of aromatic amines is 1. The van der Waals surface area contributed by atoms with Crippen molar-refractivity contribution in [1.82, 2.24) is 9.88 Å². The first-order valence-corrected chi connectivity index (χ1v) is 11.7. The van der Waals surface area contributed by atoms with Gasteiger partial charge >= 0.3 is 0 Å². The van der Waals surface area contributed by atoms with Gasteiger partial charge in [0, 0.05) is 56.0 Å². The largest absolute Gasteiger partial charge is 0.382 e. The number of hydrogen-bond acceptors (Lipinski definition) is 3. The lowest BCUT2D eigenvalue weighted by Gasteiger charge is -2.48. The van der Waals surface area contributed by atoms with Gasteiger partial charge in [0.25, 0.3) is 0 Å². The van der Waals surface area contributed by atoms with Gasteiger partial charge < -0.3 is 19.5 Å². The van der Waals surface area contributed by atoms with Crippen LogP contribution < -0.4 is 4.90 Å². The van der Waals surface area contributed by atoms with Crippen LogP contribution in [0.3, 0.4) is 0 Å². The lowest BCUT2D eigenvalue weighted by Crippen LogP contribution is -2.60. The Morgan fingerprint density at radius 3 is 2.59 bits per heavy atom. The number of benzene rings is 2. The van der Waals surface area contributed by atoms with Crippen LogP contribution in [-0.2, 0) is 16.0 Å². The molecule has 0 atom stereocenters. The molecule has 170 valence electrons. The van der Waals surface area contributed by atoms with Crippen molar-refractivity contribution in [2.75, 3.05) is 38.3 Å². The van der Waals surface area contributed by atoms with Crippen LogP contribution in [0.2, 0.25) is 0 Å². The molecule has 3 aromatic rings. The highest BCUT2D eigenvalue weighted by atomic mass is 16.5. The minimum atomic E-state index is -0.294. The number of nitrogens with zero attached hydrogens (tertiary/aromatic N) is 2. The molecule has 0 bridgehead atoms. The van der Waals surface area contributed by atoms with E-state index in [1.807, 2.05) is 42.2 Å². The van der Waals surface area contributed by atoms with Gasteiger partial charge in [-0.3, -0.25) is 4.79 Å². The SMILES string of the molecule is CCC(=O)N(c1ccccc1)C1(COC)CCN(CCc2c[nH]c3ccc(C)cc23)CC1. The molecular formula is C27H35N3O2. The van der Waals surface area contributed by atoms with Crippen LogP contribution in [0.5, 0.6) is 0 Å². The van der Waals surface area contributed by atoms with E-state index in [-0.39, 0.29) is 11.4 Å². The van der Waals surface area contributed by atoms with E-state index in [0.29, 0.717) is 13.0 Å². The third kappa shape index (κ3) is 4.59. The lowest BCUT2D eigenvalue weighted by atomic mass is 9.85. The van der Waals surface area contributed by atoms with E-state index >= 15 is 0 Å². The highest BCUT2D eigenvalue weighted by Gasteiger charge is 2.42. The van der Waals surface area contributed by atoms with Crippen LogP contribution in [0.1, 0.15) is 37.3 Å². The molecule has 2 heterocycles. The summed E-state index contributed by atoms with van der Waals surface area (Å²) in [6, 6.07) is 16.7. The Labute approximate surface area is 191 Å². The number of piperidine rings is 1. The predicted molar refractivity (Wildman–Crippen MR) is 131 cm³/mol. The minimum absolute atomic E-state index is 0.163. The van der Waals surface area contributed by atoms with Gasteiger partial charge in [-0.25, -0.2) is 0 Å². The Morgan fingerprint density at radius 2 is 1.91 bits per heavy atom. The number of rotatable bonds is 8.